The Morgan fingerprint density at radius 3 is 2.66 bits per heavy atom. The van der Waals surface area contributed by atoms with E-state index in [4.69, 9.17) is 26.1 Å². The zero-order chi connectivity index (χ0) is 28.5. The number of morpholine rings is 1. The second-order valence-corrected chi connectivity index (χ2v) is 11.5. The monoisotopic (exact) mass is 591 g/mol. The van der Waals surface area contributed by atoms with Crippen molar-refractivity contribution in [1.82, 2.24) is 4.57 Å². The Morgan fingerprint density at radius 2 is 1.88 bits per heavy atom. The number of hydrogen-bond acceptors (Lipinski definition) is 8. The largest absolute Gasteiger partial charge is 0.494 e. The Bertz CT molecular complexity index is 1720. The Hall–Kier alpha value is -3.66. The van der Waals surface area contributed by atoms with E-state index in [0.29, 0.717) is 63.9 Å². The number of fused-ring (bicyclic) bond motifs is 2. The molecule has 0 radical (unpaired) electrons. The average molecular weight is 592 g/mol. The van der Waals surface area contributed by atoms with Gasteiger partial charge in [0.15, 0.2) is 0 Å². The Balaban J connectivity index is 1.54. The average Bonchev–Trinajstić information content (AvgIpc) is 3.36. The molecule has 2 aromatic heterocycles. The van der Waals surface area contributed by atoms with Crippen LogP contribution in [0.5, 0.6) is 5.88 Å². The number of aryl methyl sites for hydroxylation is 1. The van der Waals surface area contributed by atoms with E-state index in [-0.39, 0.29) is 24.0 Å². The molecule has 6 rings (SSSR count). The Kier molecular flexibility index (Phi) is 7.84. The summed E-state index contributed by atoms with van der Waals surface area (Å²) < 4.78 is 12.2. The molecule has 1 aliphatic heterocycles. The maximum absolute atomic E-state index is 13.9. The van der Waals surface area contributed by atoms with Gasteiger partial charge in [-0.15, -0.1) is 11.3 Å². The molecule has 1 N–H and O–H groups in total. The van der Waals surface area contributed by atoms with Gasteiger partial charge in [-0.3, -0.25) is 4.79 Å². The van der Waals surface area contributed by atoms with Gasteiger partial charge in [-0.05, 0) is 62.4 Å². The lowest BCUT2D eigenvalue weighted by atomic mass is 9.95. The molecule has 2 aliphatic rings. The number of anilines is 1. The second-order valence-electron chi connectivity index (χ2n) is 10.0. The van der Waals surface area contributed by atoms with Crippen molar-refractivity contribution in [3.05, 3.63) is 79.4 Å². The molecule has 0 atom stereocenters. The van der Waals surface area contributed by atoms with Gasteiger partial charge in [0.2, 0.25) is 5.88 Å². The van der Waals surface area contributed by atoms with E-state index >= 15 is 0 Å². The number of thiophene rings is 1. The first kappa shape index (κ1) is 27.5. The number of rotatable bonds is 6. The van der Waals surface area contributed by atoms with Gasteiger partial charge in [-0.25, -0.2) is 14.4 Å². The number of aromatic nitrogens is 1. The molecular weight excluding hydrogens is 562 g/mol. The normalized spacial score (nSPS) is 15.4. The number of nitrogens with zero attached hydrogens (tertiary/aromatic N) is 3. The van der Waals surface area contributed by atoms with E-state index in [9.17, 15) is 14.7 Å². The number of carbonyl (C=O) groups is 1. The molecule has 0 spiro atoms. The van der Waals surface area contributed by atoms with E-state index in [0.717, 1.165) is 41.8 Å². The third-order valence-corrected chi connectivity index (χ3v) is 9.01. The fourth-order valence-electron chi connectivity index (χ4n) is 5.64. The summed E-state index contributed by atoms with van der Waals surface area (Å²) in [5, 5.41) is 13.7. The van der Waals surface area contributed by atoms with Crippen LogP contribution in [0.3, 0.4) is 0 Å². The first-order chi connectivity index (χ1) is 20.0. The first-order valence-electron chi connectivity index (χ1n) is 13.8. The van der Waals surface area contributed by atoms with Gasteiger partial charge in [-0.2, -0.15) is 0 Å². The van der Waals surface area contributed by atoms with Gasteiger partial charge >= 0.3 is 5.97 Å². The molecule has 0 amide bonds. The van der Waals surface area contributed by atoms with Crippen molar-refractivity contribution < 1.29 is 19.4 Å². The highest BCUT2D eigenvalue weighted by molar-refractivity contribution is 7.16. The highest BCUT2D eigenvalue weighted by atomic mass is 35.5. The molecule has 10 heteroatoms. The van der Waals surface area contributed by atoms with E-state index in [2.05, 4.69) is 4.90 Å². The van der Waals surface area contributed by atoms with Crippen LogP contribution in [-0.4, -0.2) is 54.8 Å². The zero-order valence-corrected chi connectivity index (χ0v) is 24.3. The lowest BCUT2D eigenvalue weighted by Crippen LogP contribution is -2.37. The van der Waals surface area contributed by atoms with Gasteiger partial charge < -0.3 is 19.5 Å². The third kappa shape index (κ3) is 5.14. The van der Waals surface area contributed by atoms with Crippen LogP contribution in [0.15, 0.2) is 52.3 Å². The number of ether oxygens (including phenoxy) is 2. The maximum atomic E-state index is 13.9. The number of halogens is 1. The minimum absolute atomic E-state index is 0.256. The van der Waals surface area contributed by atoms with Gasteiger partial charge in [0.05, 0.1) is 42.3 Å². The van der Waals surface area contributed by atoms with Gasteiger partial charge in [-0.1, -0.05) is 29.8 Å². The van der Waals surface area contributed by atoms with E-state index in [1.165, 1.54) is 15.9 Å². The summed E-state index contributed by atoms with van der Waals surface area (Å²) in [4.78, 5) is 34.9. The summed E-state index contributed by atoms with van der Waals surface area (Å²) in [5.74, 6) is -0.639. The number of aromatic hydroxyl groups is 1. The van der Waals surface area contributed by atoms with Crippen molar-refractivity contribution in [3.8, 4) is 11.6 Å². The predicted molar refractivity (Wildman–Crippen MR) is 163 cm³/mol. The maximum Gasteiger partial charge on any atom is 0.341 e. The molecule has 1 fully saturated rings. The molecule has 212 valence electrons. The smallest absolute Gasteiger partial charge is 0.341 e. The lowest BCUT2D eigenvalue weighted by molar-refractivity contribution is 0.0526. The van der Waals surface area contributed by atoms with E-state index in [1.807, 2.05) is 12.1 Å². The summed E-state index contributed by atoms with van der Waals surface area (Å²) in [6.07, 6.45) is 5.35. The highest BCUT2D eigenvalue weighted by Gasteiger charge is 2.27. The van der Waals surface area contributed by atoms with Crippen LogP contribution in [0.1, 0.15) is 46.1 Å². The molecule has 4 aromatic rings. The molecule has 8 nitrogen and oxygen atoms in total. The summed E-state index contributed by atoms with van der Waals surface area (Å²) in [6.45, 7) is 4.47. The molecule has 2 aromatic carbocycles. The van der Waals surface area contributed by atoms with Crippen molar-refractivity contribution in [1.29, 1.82) is 0 Å². The van der Waals surface area contributed by atoms with Crippen LogP contribution in [0, 0.1) is 0 Å². The van der Waals surface area contributed by atoms with Crippen LogP contribution >= 0.6 is 22.9 Å². The fraction of sp³-hybridized carbons (Fsp3) is 0.323. The molecule has 1 saturated heterocycles. The van der Waals surface area contributed by atoms with Crippen molar-refractivity contribution in [3.63, 3.8) is 0 Å². The van der Waals surface area contributed by atoms with E-state index < -0.39 is 0 Å². The number of esters is 1. The molecule has 0 saturated carbocycles. The lowest BCUT2D eigenvalue weighted by Gasteiger charge is -2.31. The van der Waals surface area contributed by atoms with E-state index in [1.54, 1.807) is 43.5 Å². The fourth-order valence-corrected chi connectivity index (χ4v) is 7.03. The second kappa shape index (κ2) is 11.7. The van der Waals surface area contributed by atoms with Crippen LogP contribution in [0.4, 0.5) is 10.7 Å². The minimum atomic E-state index is -0.382. The van der Waals surface area contributed by atoms with Gasteiger partial charge in [0, 0.05) is 40.0 Å². The van der Waals surface area contributed by atoms with Crippen molar-refractivity contribution in [2.24, 2.45) is 4.99 Å². The van der Waals surface area contributed by atoms with Crippen LogP contribution in [0.2, 0.25) is 5.02 Å². The van der Waals surface area contributed by atoms with Crippen molar-refractivity contribution in [2.45, 2.75) is 32.6 Å². The SMILES string of the molecule is CCOC(=O)c1c(/N=C/c2c(O)n(-c3cc(Cl)ccc3N3CCOCC3)c(=O)c3ccccc23)sc2c1CCCC2. The first-order valence-corrected chi connectivity index (χ1v) is 15.0. The number of benzene rings is 2. The Labute approximate surface area is 246 Å². The number of hydrogen-bond donors (Lipinski definition) is 1. The number of pyridine rings is 1. The molecule has 1 aliphatic carbocycles. The predicted octanol–water partition coefficient (Wildman–Crippen LogP) is 6.05. The Morgan fingerprint density at radius 1 is 1.12 bits per heavy atom. The van der Waals surface area contributed by atoms with Gasteiger partial charge in [0.25, 0.3) is 5.56 Å². The molecule has 0 bridgehead atoms. The highest BCUT2D eigenvalue weighted by Crippen LogP contribution is 2.41. The van der Waals surface area contributed by atoms with Crippen LogP contribution in [-0.2, 0) is 22.3 Å². The molecular formula is C31H30ClN3O5S. The zero-order valence-electron chi connectivity index (χ0n) is 22.7. The standard InChI is InChI=1S/C31H30ClN3O5S/c1-2-40-31(38)27-22-9-5-6-10-26(22)41-28(27)33-18-23-20-7-3-4-8-21(20)29(36)35(30(23)37)25-17-19(32)11-12-24(25)34-13-15-39-16-14-34/h3-4,7-8,11-12,17-18,37H,2,5-6,9-10,13-16H2,1H3/b33-18+. The third-order valence-electron chi connectivity index (χ3n) is 7.58. The topological polar surface area (TPSA) is 93.4 Å². The summed E-state index contributed by atoms with van der Waals surface area (Å²) in [7, 11) is 0. The summed E-state index contributed by atoms with van der Waals surface area (Å²) >= 11 is 7.91. The molecule has 0 unspecified atom stereocenters. The van der Waals surface area contributed by atoms with Crippen molar-refractivity contribution in [2.75, 3.05) is 37.8 Å². The van der Waals surface area contributed by atoms with Crippen molar-refractivity contribution >= 4 is 56.6 Å². The van der Waals surface area contributed by atoms with Gasteiger partial charge in [0.1, 0.15) is 5.00 Å². The minimum Gasteiger partial charge on any atom is -0.494 e. The summed E-state index contributed by atoms with van der Waals surface area (Å²) in [5.41, 5.74) is 2.76. The number of aliphatic imine (C=N–C) groups is 1. The summed E-state index contributed by atoms with van der Waals surface area (Å²) in [6, 6.07) is 12.5. The van der Waals surface area contributed by atoms with Crippen LogP contribution < -0.4 is 10.5 Å². The molecule has 3 heterocycles. The quantitative estimate of drug-likeness (QED) is 0.217. The number of carbonyl (C=O) groups excluding carboxylic acids is 1. The van der Waals surface area contributed by atoms with Crippen LogP contribution in [0.25, 0.3) is 16.5 Å². The molecule has 41 heavy (non-hydrogen) atoms.